The highest BCUT2D eigenvalue weighted by Gasteiger charge is 2.09. The highest BCUT2D eigenvalue weighted by molar-refractivity contribution is 9.10. The van der Waals surface area contributed by atoms with Crippen molar-refractivity contribution < 1.29 is 0 Å². The average Bonchev–Trinajstić information content (AvgIpc) is 2.41. The van der Waals surface area contributed by atoms with Gasteiger partial charge in [0.15, 0.2) is 0 Å². The smallest absolute Gasteiger partial charge is 0.101 e. The van der Waals surface area contributed by atoms with E-state index in [-0.39, 0.29) is 0 Å². The van der Waals surface area contributed by atoms with E-state index < -0.39 is 0 Å². The summed E-state index contributed by atoms with van der Waals surface area (Å²) in [7, 11) is 1.95. The third-order valence-corrected chi connectivity index (χ3v) is 3.45. The van der Waals surface area contributed by atoms with Crippen molar-refractivity contribution in [3.05, 3.63) is 58.1 Å². The van der Waals surface area contributed by atoms with Crippen molar-refractivity contribution in [2.24, 2.45) is 0 Å². The molecule has 2 rings (SSSR count). The zero-order valence-electron chi connectivity index (χ0n) is 10.6. The minimum absolute atomic E-state index is 0.645. The summed E-state index contributed by atoms with van der Waals surface area (Å²) in [6.45, 7) is 0.670. The number of nitrogens with zero attached hydrogens (tertiary/aromatic N) is 2. The van der Waals surface area contributed by atoms with Crippen molar-refractivity contribution >= 4 is 27.3 Å². The number of para-hydroxylation sites is 1. The normalized spacial score (nSPS) is 9.95. The lowest BCUT2D eigenvalue weighted by molar-refractivity contribution is 0.923. The van der Waals surface area contributed by atoms with Crippen LogP contribution in [0.5, 0.6) is 0 Å². The fourth-order valence-corrected chi connectivity index (χ4v) is 2.31. The molecule has 0 spiro atoms. The van der Waals surface area contributed by atoms with Gasteiger partial charge in [-0.1, -0.05) is 34.1 Å². The number of anilines is 2. The van der Waals surface area contributed by atoms with Crippen molar-refractivity contribution in [3.8, 4) is 6.07 Å². The molecule has 3 nitrogen and oxygen atoms in total. The predicted octanol–water partition coefficient (Wildman–Crippen LogP) is 3.54. The van der Waals surface area contributed by atoms with Crippen molar-refractivity contribution in [2.75, 3.05) is 17.7 Å². The number of rotatable bonds is 3. The highest BCUT2D eigenvalue weighted by atomic mass is 79.9. The van der Waals surface area contributed by atoms with Gasteiger partial charge >= 0.3 is 0 Å². The van der Waals surface area contributed by atoms with Gasteiger partial charge < -0.3 is 10.6 Å². The Morgan fingerprint density at radius 3 is 2.68 bits per heavy atom. The monoisotopic (exact) mass is 315 g/mol. The highest BCUT2D eigenvalue weighted by Crippen LogP contribution is 2.25. The zero-order valence-corrected chi connectivity index (χ0v) is 12.2. The molecule has 2 N–H and O–H groups in total. The molecule has 0 bridgehead atoms. The summed E-state index contributed by atoms with van der Waals surface area (Å²) >= 11 is 3.38. The van der Waals surface area contributed by atoms with Crippen molar-refractivity contribution in [3.63, 3.8) is 0 Å². The largest absolute Gasteiger partial charge is 0.398 e. The van der Waals surface area contributed by atoms with Crippen molar-refractivity contribution in [2.45, 2.75) is 6.54 Å². The van der Waals surface area contributed by atoms with E-state index >= 15 is 0 Å². The summed E-state index contributed by atoms with van der Waals surface area (Å²) in [5, 5.41) is 9.19. The Bertz CT molecular complexity index is 632. The molecule has 0 amide bonds. The molecule has 0 aliphatic carbocycles. The quantitative estimate of drug-likeness (QED) is 0.881. The Balaban J connectivity index is 2.28. The molecule has 0 saturated heterocycles. The van der Waals surface area contributed by atoms with Gasteiger partial charge in [0.05, 0.1) is 11.3 Å². The summed E-state index contributed by atoms with van der Waals surface area (Å²) in [4.78, 5) is 2.02. The number of nitriles is 1. The molecule has 0 unspecified atom stereocenters. The first-order valence-electron chi connectivity index (χ1n) is 5.86. The van der Waals surface area contributed by atoms with Crippen LogP contribution < -0.4 is 10.6 Å². The standard InChI is InChI=1S/C15H14BrN3/c1-19(10-11-4-2-3-5-14(11)18)15-7-6-13(16)8-12(15)9-17/h2-8H,10,18H2,1H3. The van der Waals surface area contributed by atoms with Gasteiger partial charge in [0.1, 0.15) is 6.07 Å². The topological polar surface area (TPSA) is 53.0 Å². The van der Waals surface area contributed by atoms with E-state index in [1.54, 1.807) is 0 Å². The van der Waals surface area contributed by atoms with E-state index in [2.05, 4.69) is 22.0 Å². The van der Waals surface area contributed by atoms with Gasteiger partial charge in [-0.3, -0.25) is 0 Å². The van der Waals surface area contributed by atoms with E-state index in [1.165, 1.54) is 0 Å². The van der Waals surface area contributed by atoms with E-state index in [4.69, 9.17) is 5.73 Å². The summed E-state index contributed by atoms with van der Waals surface area (Å²) in [6.07, 6.45) is 0. The molecule has 0 radical (unpaired) electrons. The zero-order chi connectivity index (χ0) is 13.8. The molecule has 0 aromatic heterocycles. The maximum absolute atomic E-state index is 9.19. The van der Waals surface area contributed by atoms with E-state index in [1.807, 2.05) is 54.4 Å². The third kappa shape index (κ3) is 3.07. The number of halogens is 1. The molecule has 0 aliphatic rings. The molecular weight excluding hydrogens is 302 g/mol. The lowest BCUT2D eigenvalue weighted by Crippen LogP contribution is -2.18. The molecule has 0 fully saturated rings. The second-order valence-electron chi connectivity index (χ2n) is 4.33. The molecule has 0 heterocycles. The SMILES string of the molecule is CN(Cc1ccccc1N)c1ccc(Br)cc1C#N. The molecule has 2 aromatic rings. The molecule has 4 heteroatoms. The minimum atomic E-state index is 0.645. The van der Waals surface area contributed by atoms with Crippen LogP contribution in [0.3, 0.4) is 0 Å². The summed E-state index contributed by atoms with van der Waals surface area (Å²) in [5.41, 5.74) is 9.31. The third-order valence-electron chi connectivity index (χ3n) is 2.95. The molecular formula is C15H14BrN3. The van der Waals surface area contributed by atoms with Crippen LogP contribution in [0.25, 0.3) is 0 Å². The van der Waals surface area contributed by atoms with Crippen LogP contribution in [0.2, 0.25) is 0 Å². The number of benzene rings is 2. The van der Waals surface area contributed by atoms with Crippen LogP contribution in [0.1, 0.15) is 11.1 Å². The van der Waals surface area contributed by atoms with E-state index in [0.29, 0.717) is 12.1 Å². The van der Waals surface area contributed by atoms with Crippen LogP contribution in [0, 0.1) is 11.3 Å². The van der Waals surface area contributed by atoms with E-state index in [0.717, 1.165) is 21.4 Å². The molecule has 0 aliphatic heterocycles. The molecule has 0 saturated carbocycles. The Morgan fingerprint density at radius 1 is 1.26 bits per heavy atom. The number of hydrogen-bond acceptors (Lipinski definition) is 3. The lowest BCUT2D eigenvalue weighted by atomic mass is 10.1. The second kappa shape index (κ2) is 5.77. The first kappa shape index (κ1) is 13.4. The first-order chi connectivity index (χ1) is 9.11. The lowest BCUT2D eigenvalue weighted by Gasteiger charge is -2.21. The summed E-state index contributed by atoms with van der Waals surface area (Å²) in [5.74, 6) is 0. The Hall–Kier alpha value is -1.99. The van der Waals surface area contributed by atoms with Crippen LogP contribution in [0.15, 0.2) is 46.9 Å². The Kier molecular flexibility index (Phi) is 4.08. The summed E-state index contributed by atoms with van der Waals surface area (Å²) in [6, 6.07) is 15.7. The van der Waals surface area contributed by atoms with Gasteiger partial charge in [0.2, 0.25) is 0 Å². The predicted molar refractivity (Wildman–Crippen MR) is 81.8 cm³/mol. The molecule has 2 aromatic carbocycles. The van der Waals surface area contributed by atoms with Crippen molar-refractivity contribution in [1.82, 2.24) is 0 Å². The van der Waals surface area contributed by atoms with Crippen LogP contribution in [-0.2, 0) is 6.54 Å². The number of nitrogens with two attached hydrogens (primary N) is 1. The molecule has 0 atom stereocenters. The van der Waals surface area contributed by atoms with Crippen molar-refractivity contribution in [1.29, 1.82) is 5.26 Å². The molecule has 96 valence electrons. The summed E-state index contributed by atoms with van der Waals surface area (Å²) < 4.78 is 0.903. The maximum Gasteiger partial charge on any atom is 0.101 e. The molecule has 19 heavy (non-hydrogen) atoms. The first-order valence-corrected chi connectivity index (χ1v) is 6.65. The van der Waals surface area contributed by atoms with Gasteiger partial charge in [-0.15, -0.1) is 0 Å². The maximum atomic E-state index is 9.19. The Morgan fingerprint density at radius 2 is 2.00 bits per heavy atom. The fourth-order valence-electron chi connectivity index (χ4n) is 1.95. The van der Waals surface area contributed by atoms with Crippen LogP contribution >= 0.6 is 15.9 Å². The van der Waals surface area contributed by atoms with Gasteiger partial charge in [-0.25, -0.2) is 0 Å². The number of nitrogen functional groups attached to an aromatic ring is 1. The van der Waals surface area contributed by atoms with Gasteiger partial charge in [0.25, 0.3) is 0 Å². The van der Waals surface area contributed by atoms with Gasteiger partial charge in [0, 0.05) is 23.8 Å². The second-order valence-corrected chi connectivity index (χ2v) is 5.24. The average molecular weight is 316 g/mol. The minimum Gasteiger partial charge on any atom is -0.398 e. The fraction of sp³-hybridized carbons (Fsp3) is 0.133. The van der Waals surface area contributed by atoms with Crippen LogP contribution in [0.4, 0.5) is 11.4 Å². The van der Waals surface area contributed by atoms with Gasteiger partial charge in [-0.2, -0.15) is 5.26 Å². The number of hydrogen-bond donors (Lipinski definition) is 1. The Labute approximate surface area is 121 Å². The van der Waals surface area contributed by atoms with E-state index in [9.17, 15) is 5.26 Å². The van der Waals surface area contributed by atoms with Gasteiger partial charge in [-0.05, 0) is 29.8 Å². The van der Waals surface area contributed by atoms with Crippen LogP contribution in [-0.4, -0.2) is 7.05 Å².